The van der Waals surface area contributed by atoms with Crippen molar-refractivity contribution in [1.82, 2.24) is 15.0 Å². The van der Waals surface area contributed by atoms with Crippen LogP contribution in [-0.2, 0) is 0 Å². The Morgan fingerprint density at radius 2 is 2.18 bits per heavy atom. The second-order valence-corrected chi connectivity index (χ2v) is 5.64. The number of aryl methyl sites for hydroxylation is 1. The minimum Gasteiger partial charge on any atom is -0.366 e. The standard InChI is InChI=1S/C16H19N5O/c1-11-7-15(20-10-19-11)21-6-2-3-13(9-21)14-5-4-12(8-18-14)16(17)22/h4-5,7-8,10,13H,2-3,6,9H2,1H3,(H2,17,22)/t13-/m0/s1. The summed E-state index contributed by atoms with van der Waals surface area (Å²) in [5, 5.41) is 0. The molecule has 1 aliphatic rings. The Balaban J connectivity index is 1.76. The number of carbonyl (C=O) groups is 1. The summed E-state index contributed by atoms with van der Waals surface area (Å²) >= 11 is 0. The number of hydrogen-bond acceptors (Lipinski definition) is 5. The van der Waals surface area contributed by atoms with Crippen LogP contribution in [0.5, 0.6) is 0 Å². The minimum atomic E-state index is -0.444. The molecule has 6 heteroatoms. The molecule has 1 amide bonds. The van der Waals surface area contributed by atoms with Crippen molar-refractivity contribution in [3.63, 3.8) is 0 Å². The number of hydrogen-bond donors (Lipinski definition) is 1. The van der Waals surface area contributed by atoms with Gasteiger partial charge in [-0.3, -0.25) is 9.78 Å². The van der Waals surface area contributed by atoms with Gasteiger partial charge in [0.05, 0.1) is 5.56 Å². The molecule has 3 rings (SSSR count). The second kappa shape index (κ2) is 6.09. The number of carbonyl (C=O) groups excluding carboxylic acids is 1. The van der Waals surface area contributed by atoms with E-state index in [1.165, 1.54) is 0 Å². The summed E-state index contributed by atoms with van der Waals surface area (Å²) in [6, 6.07) is 5.66. The molecule has 3 heterocycles. The lowest BCUT2D eigenvalue weighted by Gasteiger charge is -2.33. The molecule has 1 fully saturated rings. The van der Waals surface area contributed by atoms with Gasteiger partial charge in [-0.1, -0.05) is 0 Å². The lowest BCUT2D eigenvalue weighted by molar-refractivity contribution is 0.1000. The van der Waals surface area contributed by atoms with Gasteiger partial charge in [0.1, 0.15) is 12.1 Å². The molecule has 0 aliphatic carbocycles. The van der Waals surface area contributed by atoms with Crippen LogP contribution < -0.4 is 10.6 Å². The first-order valence-electron chi connectivity index (χ1n) is 7.43. The maximum Gasteiger partial charge on any atom is 0.250 e. The monoisotopic (exact) mass is 297 g/mol. The molecule has 0 unspecified atom stereocenters. The molecular formula is C16H19N5O. The maximum atomic E-state index is 11.1. The Labute approximate surface area is 129 Å². The molecule has 22 heavy (non-hydrogen) atoms. The van der Waals surface area contributed by atoms with Crippen molar-refractivity contribution in [3.8, 4) is 0 Å². The predicted octanol–water partition coefficient (Wildman–Crippen LogP) is 1.66. The zero-order valence-electron chi connectivity index (χ0n) is 12.6. The van der Waals surface area contributed by atoms with Crippen LogP contribution in [0.2, 0.25) is 0 Å². The van der Waals surface area contributed by atoms with Crippen LogP contribution in [0.4, 0.5) is 5.82 Å². The van der Waals surface area contributed by atoms with Crippen molar-refractivity contribution in [2.75, 3.05) is 18.0 Å². The fraction of sp³-hybridized carbons (Fsp3) is 0.375. The van der Waals surface area contributed by atoms with E-state index >= 15 is 0 Å². The van der Waals surface area contributed by atoms with E-state index < -0.39 is 5.91 Å². The molecule has 0 radical (unpaired) electrons. The van der Waals surface area contributed by atoms with Gasteiger partial charge in [-0.2, -0.15) is 0 Å². The van der Waals surface area contributed by atoms with Crippen molar-refractivity contribution in [3.05, 3.63) is 47.7 Å². The minimum absolute atomic E-state index is 0.339. The average molecular weight is 297 g/mol. The Bertz CT molecular complexity index is 670. The van der Waals surface area contributed by atoms with Gasteiger partial charge >= 0.3 is 0 Å². The van der Waals surface area contributed by atoms with E-state index in [-0.39, 0.29) is 0 Å². The molecule has 114 valence electrons. The highest BCUT2D eigenvalue weighted by Gasteiger charge is 2.23. The number of aromatic nitrogens is 3. The van der Waals surface area contributed by atoms with Crippen molar-refractivity contribution in [2.24, 2.45) is 5.73 Å². The summed E-state index contributed by atoms with van der Waals surface area (Å²) in [6.07, 6.45) is 5.34. The Hall–Kier alpha value is -2.50. The third-order valence-corrected chi connectivity index (χ3v) is 4.02. The molecular weight excluding hydrogens is 278 g/mol. The zero-order valence-corrected chi connectivity index (χ0v) is 12.6. The normalized spacial score (nSPS) is 18.2. The van der Waals surface area contributed by atoms with Crippen LogP contribution in [0.3, 0.4) is 0 Å². The highest BCUT2D eigenvalue weighted by molar-refractivity contribution is 5.92. The first-order chi connectivity index (χ1) is 10.6. The first-order valence-corrected chi connectivity index (χ1v) is 7.43. The van der Waals surface area contributed by atoms with Crippen LogP contribution in [0, 0.1) is 6.92 Å². The van der Waals surface area contributed by atoms with Gasteiger partial charge < -0.3 is 10.6 Å². The lowest BCUT2D eigenvalue weighted by atomic mass is 9.94. The highest BCUT2D eigenvalue weighted by Crippen LogP contribution is 2.28. The van der Waals surface area contributed by atoms with Gasteiger partial charge in [0, 0.05) is 42.7 Å². The Morgan fingerprint density at radius 1 is 1.32 bits per heavy atom. The van der Waals surface area contributed by atoms with Crippen molar-refractivity contribution in [1.29, 1.82) is 0 Å². The molecule has 2 N–H and O–H groups in total. The van der Waals surface area contributed by atoms with Crippen LogP contribution in [-0.4, -0.2) is 33.9 Å². The van der Waals surface area contributed by atoms with Crippen molar-refractivity contribution >= 4 is 11.7 Å². The third kappa shape index (κ3) is 3.05. The first kappa shape index (κ1) is 14.4. The molecule has 1 saturated heterocycles. The summed E-state index contributed by atoms with van der Waals surface area (Å²) in [7, 11) is 0. The number of nitrogens with zero attached hydrogens (tertiary/aromatic N) is 4. The van der Waals surface area contributed by atoms with E-state index in [1.54, 1.807) is 18.6 Å². The summed E-state index contributed by atoms with van der Waals surface area (Å²) in [5.41, 5.74) is 7.67. The summed E-state index contributed by atoms with van der Waals surface area (Å²) in [5.74, 6) is 0.859. The number of primary amides is 1. The average Bonchev–Trinajstić information content (AvgIpc) is 2.55. The topological polar surface area (TPSA) is 85.0 Å². The van der Waals surface area contributed by atoms with Gasteiger partial charge in [-0.15, -0.1) is 0 Å². The van der Waals surface area contributed by atoms with Gasteiger partial charge in [-0.25, -0.2) is 9.97 Å². The lowest BCUT2D eigenvalue weighted by Crippen LogP contribution is -2.35. The zero-order chi connectivity index (χ0) is 15.5. The smallest absolute Gasteiger partial charge is 0.250 e. The summed E-state index contributed by atoms with van der Waals surface area (Å²) in [4.78, 5) is 26.3. The Kier molecular flexibility index (Phi) is 4.00. The van der Waals surface area contributed by atoms with Crippen molar-refractivity contribution in [2.45, 2.75) is 25.7 Å². The SMILES string of the molecule is Cc1cc(N2CCC[C@H](c3ccc(C(N)=O)cn3)C2)ncn1. The van der Waals surface area contributed by atoms with E-state index in [2.05, 4.69) is 19.9 Å². The number of pyridine rings is 1. The molecule has 0 bridgehead atoms. The van der Waals surface area contributed by atoms with E-state index in [0.717, 1.165) is 43.1 Å². The summed E-state index contributed by atoms with van der Waals surface area (Å²) in [6.45, 7) is 3.84. The van der Waals surface area contributed by atoms with Crippen LogP contribution in [0.25, 0.3) is 0 Å². The maximum absolute atomic E-state index is 11.1. The molecule has 1 aliphatic heterocycles. The number of piperidine rings is 1. The van der Waals surface area contributed by atoms with E-state index in [0.29, 0.717) is 11.5 Å². The number of nitrogens with two attached hydrogens (primary N) is 1. The van der Waals surface area contributed by atoms with Crippen LogP contribution in [0.1, 0.15) is 40.5 Å². The fourth-order valence-corrected chi connectivity index (χ4v) is 2.83. The van der Waals surface area contributed by atoms with E-state index in [9.17, 15) is 4.79 Å². The largest absolute Gasteiger partial charge is 0.366 e. The van der Waals surface area contributed by atoms with Gasteiger partial charge in [0.25, 0.3) is 0 Å². The van der Waals surface area contributed by atoms with Crippen LogP contribution in [0.15, 0.2) is 30.7 Å². The number of amides is 1. The van der Waals surface area contributed by atoms with Gasteiger partial charge in [0.2, 0.25) is 5.91 Å². The molecule has 0 saturated carbocycles. The molecule has 0 aromatic carbocycles. The summed E-state index contributed by atoms with van der Waals surface area (Å²) < 4.78 is 0. The fourth-order valence-electron chi connectivity index (χ4n) is 2.83. The molecule has 2 aromatic rings. The van der Waals surface area contributed by atoms with Gasteiger partial charge in [-0.05, 0) is 31.9 Å². The number of rotatable bonds is 3. The highest BCUT2D eigenvalue weighted by atomic mass is 16.1. The predicted molar refractivity (Wildman–Crippen MR) is 83.7 cm³/mol. The van der Waals surface area contributed by atoms with Crippen LogP contribution >= 0.6 is 0 Å². The molecule has 6 nitrogen and oxygen atoms in total. The van der Waals surface area contributed by atoms with Crippen molar-refractivity contribution < 1.29 is 4.79 Å². The van der Waals surface area contributed by atoms with E-state index in [4.69, 9.17) is 5.73 Å². The molecule has 0 spiro atoms. The van der Waals surface area contributed by atoms with E-state index in [1.807, 2.05) is 19.1 Å². The third-order valence-electron chi connectivity index (χ3n) is 4.02. The quantitative estimate of drug-likeness (QED) is 0.931. The Morgan fingerprint density at radius 3 is 2.86 bits per heavy atom. The van der Waals surface area contributed by atoms with Gasteiger partial charge in [0.15, 0.2) is 0 Å². The molecule has 2 aromatic heterocycles. The second-order valence-electron chi connectivity index (χ2n) is 5.64. The molecule has 1 atom stereocenters. The number of anilines is 1.